The number of methoxy groups -OCH3 is 1. The van der Waals surface area contributed by atoms with Crippen molar-refractivity contribution in [1.29, 1.82) is 0 Å². The Bertz CT molecular complexity index is 1550. The van der Waals surface area contributed by atoms with Gasteiger partial charge in [0.1, 0.15) is 18.2 Å². The van der Waals surface area contributed by atoms with E-state index in [1.165, 1.54) is 31.0 Å². The average molecular weight is 627 g/mol. The fourth-order valence-corrected chi connectivity index (χ4v) is 6.07. The van der Waals surface area contributed by atoms with Gasteiger partial charge in [0.15, 0.2) is 34.6 Å². The fraction of sp³-hybridized carbons (Fsp3) is 0.520. The Kier molecular flexibility index (Phi) is 8.37. The van der Waals surface area contributed by atoms with Crippen LogP contribution < -0.4 is 29.6 Å². The van der Waals surface area contributed by atoms with Gasteiger partial charge in [0.05, 0.1) is 26.1 Å². The highest BCUT2D eigenvalue weighted by Gasteiger charge is 2.56. The Morgan fingerprint density at radius 3 is 2.81 bits per heavy atom. The molecule has 2 unspecified atom stereocenters. The molecule has 16 nitrogen and oxygen atoms in total. The van der Waals surface area contributed by atoms with Crippen LogP contribution >= 0.6 is 7.75 Å². The number of carbonyl (C=O) groups excluding carboxylic acids is 1. The van der Waals surface area contributed by atoms with Crippen LogP contribution in [0, 0.1) is 0 Å². The van der Waals surface area contributed by atoms with E-state index in [1.807, 2.05) is 0 Å². The lowest BCUT2D eigenvalue weighted by Crippen LogP contribution is -2.41. The smallest absolute Gasteiger partial charge is 0.459 e. The van der Waals surface area contributed by atoms with Crippen LogP contribution in [-0.4, -0.2) is 81.1 Å². The highest BCUT2D eigenvalue weighted by Crippen LogP contribution is 2.52. The number of rotatable bonds is 11. The first-order valence-corrected chi connectivity index (χ1v) is 14.7. The van der Waals surface area contributed by atoms with E-state index in [-0.39, 0.29) is 41.3 Å². The topological polar surface area (TPSA) is 201 Å². The van der Waals surface area contributed by atoms with Gasteiger partial charge in [-0.1, -0.05) is 6.07 Å². The lowest BCUT2D eigenvalue weighted by molar-refractivity contribution is -0.149. The number of aromatic nitrogens is 4. The molecule has 0 bridgehead atoms. The molecule has 2 aliphatic rings. The fourth-order valence-electron chi connectivity index (χ4n) is 4.56. The minimum absolute atomic E-state index is 0.00698. The molecular weight excluding hydrogens is 594 g/mol. The van der Waals surface area contributed by atoms with Crippen LogP contribution in [0.4, 0.5) is 10.3 Å². The third-order valence-electron chi connectivity index (χ3n) is 6.61. The zero-order valence-corrected chi connectivity index (χ0v) is 24.8. The molecule has 1 saturated heterocycles. The van der Waals surface area contributed by atoms with Crippen molar-refractivity contribution in [2.45, 2.75) is 63.9 Å². The Morgan fingerprint density at radius 1 is 1.33 bits per heavy atom. The van der Waals surface area contributed by atoms with Gasteiger partial charge in [0, 0.05) is 0 Å². The molecule has 0 aliphatic carbocycles. The van der Waals surface area contributed by atoms with Crippen molar-refractivity contribution in [3.63, 3.8) is 0 Å². The van der Waals surface area contributed by atoms with Crippen LogP contribution in [0.3, 0.4) is 0 Å². The van der Waals surface area contributed by atoms with E-state index < -0.39 is 56.6 Å². The third-order valence-corrected chi connectivity index (χ3v) is 8.24. The number of hydrogen-bond acceptors (Lipinski definition) is 14. The molecule has 0 spiro atoms. The number of alkyl halides is 1. The molecule has 3 aromatic rings. The minimum Gasteiger partial charge on any atom is -0.479 e. The number of nitrogens with one attached hydrogen (secondary N) is 1. The minimum atomic E-state index is -4.46. The molecule has 43 heavy (non-hydrogen) atoms. The number of carbonyl (C=O) groups is 1. The summed E-state index contributed by atoms with van der Waals surface area (Å²) in [6.07, 6.45) is -3.80. The zero-order valence-electron chi connectivity index (χ0n) is 23.9. The number of ether oxygens (including phenoxy) is 5. The summed E-state index contributed by atoms with van der Waals surface area (Å²) in [7, 11) is -3.09. The Labute approximate surface area is 245 Å². The van der Waals surface area contributed by atoms with Gasteiger partial charge in [-0.25, -0.2) is 13.9 Å². The highest BCUT2D eigenvalue weighted by atomic mass is 31.2. The lowest BCUT2D eigenvalue weighted by atomic mass is 9.98. The molecule has 18 heteroatoms. The number of aliphatic hydroxyl groups is 1. The molecule has 0 radical (unpaired) electrons. The first kappa shape index (κ1) is 30.7. The van der Waals surface area contributed by atoms with E-state index in [0.29, 0.717) is 5.75 Å². The number of para-hydroxylation sites is 1. The average Bonchev–Trinajstić information content (AvgIpc) is 3.64. The second-order valence-electron chi connectivity index (χ2n) is 10.2. The zero-order chi connectivity index (χ0) is 31.1. The number of nitrogens with zero attached hydrogens (tertiary/aromatic N) is 4. The molecule has 4 heterocycles. The molecule has 0 amide bonds. The normalized spacial score (nSPS) is 25.1. The molecule has 0 saturated carbocycles. The van der Waals surface area contributed by atoms with Crippen molar-refractivity contribution in [3.05, 3.63) is 24.5 Å². The van der Waals surface area contributed by atoms with E-state index in [1.54, 1.807) is 26.0 Å². The summed E-state index contributed by atoms with van der Waals surface area (Å²) in [6, 6.07) is 3.50. The van der Waals surface area contributed by atoms with Crippen molar-refractivity contribution in [3.8, 4) is 23.1 Å². The molecular formula is C25H32FN6O10P. The van der Waals surface area contributed by atoms with Crippen LogP contribution in [0.25, 0.3) is 11.2 Å². The van der Waals surface area contributed by atoms with E-state index in [4.69, 9.17) is 38.5 Å². The first-order valence-electron chi connectivity index (χ1n) is 13.2. The molecule has 1 fully saturated rings. The van der Waals surface area contributed by atoms with Crippen LogP contribution in [0.15, 0.2) is 24.5 Å². The van der Waals surface area contributed by atoms with Gasteiger partial charge < -0.3 is 39.0 Å². The summed E-state index contributed by atoms with van der Waals surface area (Å²) in [6.45, 7) is 5.12. The second-order valence-corrected chi connectivity index (χ2v) is 11.9. The van der Waals surface area contributed by atoms with Gasteiger partial charge in [0.25, 0.3) is 0 Å². The predicted molar refractivity (Wildman–Crippen MR) is 146 cm³/mol. The van der Waals surface area contributed by atoms with Crippen LogP contribution in [-0.2, 0) is 23.4 Å². The summed E-state index contributed by atoms with van der Waals surface area (Å²) in [4.78, 5) is 24.8. The number of aliphatic hydroxyl groups excluding tert-OH is 1. The van der Waals surface area contributed by atoms with Crippen LogP contribution in [0.5, 0.6) is 23.1 Å². The number of nitrogens with two attached hydrogens (primary N) is 1. The maximum atomic E-state index is 16.1. The summed E-state index contributed by atoms with van der Waals surface area (Å²) in [5.41, 5.74) is 3.66. The molecule has 1 aromatic carbocycles. The molecule has 234 valence electrons. The Hall–Kier alpha value is -3.76. The molecule has 4 N–H and O–H groups in total. The monoisotopic (exact) mass is 626 g/mol. The number of hydrogen-bond donors (Lipinski definition) is 3. The van der Waals surface area contributed by atoms with Crippen molar-refractivity contribution < 1.29 is 51.6 Å². The van der Waals surface area contributed by atoms with Crippen LogP contribution in [0.1, 0.15) is 33.9 Å². The largest absolute Gasteiger partial charge is 0.479 e. The molecule has 2 aromatic heterocycles. The van der Waals surface area contributed by atoms with Gasteiger partial charge in [0.2, 0.25) is 24.4 Å². The highest BCUT2D eigenvalue weighted by molar-refractivity contribution is 7.52. The summed E-state index contributed by atoms with van der Waals surface area (Å²) >= 11 is 0. The van der Waals surface area contributed by atoms with Crippen LogP contribution in [0.2, 0.25) is 0 Å². The molecule has 2 aliphatic heterocycles. The number of halogens is 1. The number of esters is 1. The number of imidazole rings is 1. The number of anilines is 1. The number of benzene rings is 1. The van der Waals surface area contributed by atoms with Gasteiger partial charge >= 0.3 is 13.7 Å². The number of fused-ring (bicyclic) bond motifs is 2. The van der Waals surface area contributed by atoms with E-state index in [2.05, 4.69) is 20.0 Å². The van der Waals surface area contributed by atoms with Crippen molar-refractivity contribution >= 4 is 30.8 Å². The lowest BCUT2D eigenvalue weighted by Gasteiger charge is -2.25. The quantitative estimate of drug-likeness (QED) is 0.207. The summed E-state index contributed by atoms with van der Waals surface area (Å²) < 4.78 is 69.7. The maximum absolute atomic E-state index is 16.1. The second kappa shape index (κ2) is 11.7. The van der Waals surface area contributed by atoms with Gasteiger partial charge in [-0.15, -0.1) is 0 Å². The van der Waals surface area contributed by atoms with Crippen molar-refractivity contribution in [2.75, 3.05) is 26.2 Å². The predicted octanol–water partition coefficient (Wildman–Crippen LogP) is 2.27. The maximum Gasteiger partial charge on any atom is 0.459 e. The molecule has 6 atom stereocenters. The third kappa shape index (κ3) is 6.03. The summed E-state index contributed by atoms with van der Waals surface area (Å²) in [5.74, 6) is -0.305. The van der Waals surface area contributed by atoms with Gasteiger partial charge in [-0.05, 0) is 39.8 Å². The standard InChI is InChI=1S/C25H32FN6O10P/c1-12(2)40-22(34)13(3)31-43(35,42-15-8-6-7-14-18(15)38-11-37-14)39-9-16-19(33)25(4,26)23(41-16)32-10-28-17-20(32)29-24(27)30-21(17)36-5/h6-8,10,12-13,16,19,23,33H,9,11H2,1-5H3,(H,31,35)(H2,27,29,30)/t13?,16-,19-,23-,25-,43?/m1/s1. The van der Waals surface area contributed by atoms with Gasteiger partial charge in [-0.3, -0.25) is 13.9 Å². The van der Waals surface area contributed by atoms with Crippen molar-refractivity contribution in [2.24, 2.45) is 0 Å². The summed E-state index contributed by atoms with van der Waals surface area (Å²) in [5, 5.41) is 13.5. The number of nitrogen functional groups attached to an aromatic ring is 1. The SMILES string of the molecule is COc1nc(N)nc2c1ncn2[C@@H]1O[C@H](COP(=O)(NC(C)C(=O)OC(C)C)Oc2cccc3c2OCO3)[C@@H](O)[C@@]1(C)F. The van der Waals surface area contributed by atoms with E-state index in [0.717, 1.165) is 6.92 Å². The molecule has 5 rings (SSSR count). The van der Waals surface area contributed by atoms with E-state index in [9.17, 15) is 14.5 Å². The Morgan fingerprint density at radius 2 is 2.09 bits per heavy atom. The Balaban J connectivity index is 1.39. The van der Waals surface area contributed by atoms with E-state index >= 15 is 4.39 Å². The van der Waals surface area contributed by atoms with Crippen molar-refractivity contribution in [1.82, 2.24) is 24.6 Å². The first-order chi connectivity index (χ1) is 20.3. The van der Waals surface area contributed by atoms with Gasteiger partial charge in [-0.2, -0.15) is 15.1 Å².